The lowest BCUT2D eigenvalue weighted by molar-refractivity contribution is -0.144. The van der Waals surface area contributed by atoms with Crippen molar-refractivity contribution in [1.29, 1.82) is 0 Å². The van der Waals surface area contributed by atoms with Crippen LogP contribution in [0.1, 0.15) is 6.92 Å². The number of carbonyl (C=O) groups excluding carboxylic acids is 2. The molecule has 22 heavy (non-hydrogen) atoms. The lowest BCUT2D eigenvalue weighted by Crippen LogP contribution is -2.62. The maximum atomic E-state index is 12.5. The number of hydrogen-bond acceptors (Lipinski definition) is 5. The topological polar surface area (TPSA) is 92.6 Å². The van der Waals surface area contributed by atoms with Crippen LogP contribution in [0.4, 0.5) is 0 Å². The largest absolute Gasteiger partial charge is 0.335 e. The van der Waals surface area contributed by atoms with Gasteiger partial charge in [-0.1, -0.05) is 0 Å². The third-order valence-corrected chi connectivity index (χ3v) is 5.96. The number of hydrogen-bond donors (Lipinski definition) is 0. The summed E-state index contributed by atoms with van der Waals surface area (Å²) in [6.07, 6.45) is 3.27. The van der Waals surface area contributed by atoms with Crippen LogP contribution in [0.15, 0.2) is 18.5 Å². The van der Waals surface area contributed by atoms with E-state index in [1.807, 2.05) is 0 Å². The molecule has 0 aliphatic carbocycles. The lowest BCUT2D eigenvalue weighted by Gasteiger charge is -2.43. The molecular weight excluding hydrogens is 308 g/mol. The second-order valence-corrected chi connectivity index (χ2v) is 7.87. The number of amides is 2. The normalized spacial score (nSPS) is 26.8. The van der Waals surface area contributed by atoms with Crippen molar-refractivity contribution in [3.63, 3.8) is 0 Å². The Bertz CT molecular complexity index is 685. The van der Waals surface area contributed by atoms with E-state index in [4.69, 9.17) is 0 Å². The third-order valence-electron chi connectivity index (χ3n) is 4.26. The Labute approximate surface area is 128 Å². The van der Waals surface area contributed by atoms with E-state index in [1.165, 1.54) is 11.6 Å². The molecular formula is C13H18N4O4S. The van der Waals surface area contributed by atoms with Crippen molar-refractivity contribution < 1.29 is 18.0 Å². The van der Waals surface area contributed by atoms with Gasteiger partial charge in [-0.15, -0.1) is 0 Å². The molecule has 0 spiro atoms. The van der Waals surface area contributed by atoms with Crippen molar-refractivity contribution in [3.8, 4) is 0 Å². The molecule has 2 fully saturated rings. The SMILES string of the molecule is CC(=O)N1CCN(C(=O)Cn2cccn2)[C@@H]2CS(=O)(=O)C[C@@H]21. The van der Waals surface area contributed by atoms with Gasteiger partial charge in [-0.2, -0.15) is 5.10 Å². The summed E-state index contributed by atoms with van der Waals surface area (Å²) in [5.74, 6) is -0.458. The molecule has 2 saturated heterocycles. The number of aromatic nitrogens is 2. The summed E-state index contributed by atoms with van der Waals surface area (Å²) in [5.41, 5.74) is 0. The van der Waals surface area contributed by atoms with Crippen molar-refractivity contribution in [1.82, 2.24) is 19.6 Å². The maximum absolute atomic E-state index is 12.5. The van der Waals surface area contributed by atoms with Gasteiger partial charge in [-0.3, -0.25) is 14.3 Å². The zero-order valence-corrected chi connectivity index (χ0v) is 13.1. The van der Waals surface area contributed by atoms with Gasteiger partial charge < -0.3 is 9.80 Å². The predicted molar refractivity (Wildman–Crippen MR) is 77.6 cm³/mol. The number of piperazine rings is 1. The number of carbonyl (C=O) groups is 2. The van der Waals surface area contributed by atoms with E-state index >= 15 is 0 Å². The van der Waals surface area contributed by atoms with Gasteiger partial charge in [-0.25, -0.2) is 8.42 Å². The third kappa shape index (κ3) is 2.72. The molecule has 2 aliphatic heterocycles. The molecule has 0 N–H and O–H groups in total. The molecule has 2 aliphatic rings. The molecule has 8 nitrogen and oxygen atoms in total. The second-order valence-electron chi connectivity index (χ2n) is 5.71. The molecule has 3 heterocycles. The Hall–Kier alpha value is -1.90. The average Bonchev–Trinajstić information content (AvgIpc) is 3.02. The summed E-state index contributed by atoms with van der Waals surface area (Å²) in [4.78, 5) is 27.3. The summed E-state index contributed by atoms with van der Waals surface area (Å²) >= 11 is 0. The second kappa shape index (κ2) is 5.38. The summed E-state index contributed by atoms with van der Waals surface area (Å²) < 4.78 is 25.4. The van der Waals surface area contributed by atoms with E-state index in [2.05, 4.69) is 5.10 Å². The van der Waals surface area contributed by atoms with Crippen LogP contribution in [-0.2, 0) is 26.0 Å². The van der Waals surface area contributed by atoms with Gasteiger partial charge in [0.1, 0.15) is 6.54 Å². The molecule has 2 atom stereocenters. The zero-order chi connectivity index (χ0) is 15.9. The van der Waals surface area contributed by atoms with Crippen molar-refractivity contribution >= 4 is 21.7 Å². The van der Waals surface area contributed by atoms with Gasteiger partial charge in [0.2, 0.25) is 11.8 Å². The van der Waals surface area contributed by atoms with Crippen LogP contribution in [0.2, 0.25) is 0 Å². The van der Waals surface area contributed by atoms with E-state index in [1.54, 1.807) is 28.3 Å². The van der Waals surface area contributed by atoms with Gasteiger partial charge in [0.25, 0.3) is 0 Å². The highest BCUT2D eigenvalue weighted by atomic mass is 32.2. The van der Waals surface area contributed by atoms with Crippen LogP contribution in [-0.4, -0.2) is 76.5 Å². The van der Waals surface area contributed by atoms with Gasteiger partial charge in [0, 0.05) is 32.4 Å². The standard InChI is InChI=1S/C13H18N4O4S/c1-10(18)16-5-6-17(12-9-22(20,21)8-11(12)16)13(19)7-15-4-2-3-14-15/h2-4,11-12H,5-9H2,1H3/t11-,12+/m0/s1. The fourth-order valence-electron chi connectivity index (χ4n) is 3.28. The van der Waals surface area contributed by atoms with Crippen molar-refractivity contribution in [2.45, 2.75) is 25.6 Å². The minimum absolute atomic E-state index is 0.0667. The summed E-state index contributed by atoms with van der Waals surface area (Å²) in [7, 11) is -3.23. The number of rotatable bonds is 2. The van der Waals surface area contributed by atoms with Gasteiger partial charge in [0.05, 0.1) is 23.6 Å². The van der Waals surface area contributed by atoms with Gasteiger partial charge in [0.15, 0.2) is 9.84 Å². The fourth-order valence-corrected chi connectivity index (χ4v) is 5.26. The molecule has 0 saturated carbocycles. The average molecular weight is 326 g/mol. The molecule has 1 aromatic rings. The first-order valence-electron chi connectivity index (χ1n) is 7.12. The van der Waals surface area contributed by atoms with E-state index in [9.17, 15) is 18.0 Å². The molecule has 3 rings (SSSR count). The Morgan fingerprint density at radius 3 is 2.41 bits per heavy atom. The Morgan fingerprint density at radius 2 is 1.82 bits per heavy atom. The van der Waals surface area contributed by atoms with Crippen LogP contribution < -0.4 is 0 Å². The first-order chi connectivity index (χ1) is 10.4. The van der Waals surface area contributed by atoms with Crippen LogP contribution in [0.3, 0.4) is 0 Å². The first kappa shape index (κ1) is 15.0. The van der Waals surface area contributed by atoms with Crippen LogP contribution in [0.25, 0.3) is 0 Å². The highest BCUT2D eigenvalue weighted by Crippen LogP contribution is 2.27. The zero-order valence-electron chi connectivity index (χ0n) is 12.3. The van der Waals surface area contributed by atoms with E-state index in [0.717, 1.165) is 0 Å². The molecule has 2 amide bonds. The van der Waals surface area contributed by atoms with Crippen molar-refractivity contribution in [2.24, 2.45) is 0 Å². The van der Waals surface area contributed by atoms with E-state index < -0.39 is 21.9 Å². The summed E-state index contributed by atoms with van der Waals surface area (Å²) in [5, 5.41) is 3.99. The van der Waals surface area contributed by atoms with Crippen LogP contribution in [0.5, 0.6) is 0 Å². The number of fused-ring (bicyclic) bond motifs is 1. The molecule has 0 aromatic carbocycles. The molecule has 0 bridgehead atoms. The first-order valence-corrected chi connectivity index (χ1v) is 8.94. The monoisotopic (exact) mass is 326 g/mol. The van der Waals surface area contributed by atoms with Gasteiger partial charge in [-0.05, 0) is 6.07 Å². The number of sulfone groups is 1. The Balaban J connectivity index is 1.81. The van der Waals surface area contributed by atoms with E-state index in [-0.39, 0.29) is 29.9 Å². The molecule has 0 radical (unpaired) electrons. The highest BCUT2D eigenvalue weighted by molar-refractivity contribution is 7.91. The molecule has 0 unspecified atom stereocenters. The summed E-state index contributed by atoms with van der Waals surface area (Å²) in [6, 6.07) is 0.840. The summed E-state index contributed by atoms with van der Waals surface area (Å²) in [6.45, 7) is 2.24. The molecule has 120 valence electrons. The van der Waals surface area contributed by atoms with Crippen LogP contribution >= 0.6 is 0 Å². The molecule has 9 heteroatoms. The van der Waals surface area contributed by atoms with Gasteiger partial charge >= 0.3 is 0 Å². The van der Waals surface area contributed by atoms with E-state index in [0.29, 0.717) is 13.1 Å². The minimum Gasteiger partial charge on any atom is -0.335 e. The highest BCUT2D eigenvalue weighted by Gasteiger charge is 2.48. The lowest BCUT2D eigenvalue weighted by atomic mass is 10.0. The quantitative estimate of drug-likeness (QED) is 0.676. The Morgan fingerprint density at radius 1 is 1.18 bits per heavy atom. The fraction of sp³-hybridized carbons (Fsp3) is 0.615. The van der Waals surface area contributed by atoms with Crippen molar-refractivity contribution in [3.05, 3.63) is 18.5 Å². The van der Waals surface area contributed by atoms with Crippen molar-refractivity contribution in [2.75, 3.05) is 24.6 Å². The number of nitrogens with zero attached hydrogens (tertiary/aromatic N) is 4. The predicted octanol–water partition coefficient (Wildman–Crippen LogP) is -1.26. The van der Waals surface area contributed by atoms with Crippen LogP contribution in [0, 0.1) is 0 Å². The Kier molecular flexibility index (Phi) is 3.67. The molecule has 1 aromatic heterocycles. The minimum atomic E-state index is -3.23. The maximum Gasteiger partial charge on any atom is 0.244 e. The smallest absolute Gasteiger partial charge is 0.244 e.